The Hall–Kier alpha value is -1.96. The SMILES string of the molecule is CC(=O)NC1C(O)CNCC1(O)CC(Cc1ccccc1)C(=O)O. The summed E-state index contributed by atoms with van der Waals surface area (Å²) in [6.07, 6.45) is -0.799. The Balaban J connectivity index is 2.18. The molecule has 132 valence electrons. The lowest BCUT2D eigenvalue weighted by Gasteiger charge is -2.44. The highest BCUT2D eigenvalue weighted by molar-refractivity contribution is 5.73. The lowest BCUT2D eigenvalue weighted by molar-refractivity contribution is -0.147. The minimum Gasteiger partial charge on any atom is -0.481 e. The predicted octanol–water partition coefficient (Wildman–Crippen LogP) is -0.480. The highest BCUT2D eigenvalue weighted by Crippen LogP contribution is 2.27. The number of aliphatic hydroxyl groups is 2. The smallest absolute Gasteiger partial charge is 0.306 e. The van der Waals surface area contributed by atoms with Gasteiger partial charge in [0.2, 0.25) is 5.91 Å². The van der Waals surface area contributed by atoms with E-state index in [4.69, 9.17) is 0 Å². The van der Waals surface area contributed by atoms with Crippen LogP contribution in [-0.2, 0) is 16.0 Å². The number of amides is 1. The lowest BCUT2D eigenvalue weighted by atomic mass is 9.78. The van der Waals surface area contributed by atoms with Crippen molar-refractivity contribution in [3.63, 3.8) is 0 Å². The molecule has 1 amide bonds. The van der Waals surface area contributed by atoms with Crippen LogP contribution in [0.5, 0.6) is 0 Å². The van der Waals surface area contributed by atoms with Crippen LogP contribution < -0.4 is 10.6 Å². The molecule has 1 aliphatic rings. The summed E-state index contributed by atoms with van der Waals surface area (Å²) in [5, 5.41) is 36.0. The molecule has 0 saturated carbocycles. The Kier molecular flexibility index (Phi) is 5.93. The van der Waals surface area contributed by atoms with Gasteiger partial charge >= 0.3 is 5.97 Å². The summed E-state index contributed by atoms with van der Waals surface area (Å²) in [7, 11) is 0. The number of hydrogen-bond acceptors (Lipinski definition) is 5. The van der Waals surface area contributed by atoms with Crippen LogP contribution in [-0.4, -0.2) is 58.0 Å². The van der Waals surface area contributed by atoms with Crippen molar-refractivity contribution < 1.29 is 24.9 Å². The normalized spacial score (nSPS) is 28.1. The second-order valence-corrected chi connectivity index (χ2v) is 6.41. The molecule has 2 rings (SSSR count). The fourth-order valence-corrected chi connectivity index (χ4v) is 3.24. The van der Waals surface area contributed by atoms with E-state index in [1.54, 1.807) is 0 Å². The maximum Gasteiger partial charge on any atom is 0.306 e. The predicted molar refractivity (Wildman–Crippen MR) is 87.3 cm³/mol. The van der Waals surface area contributed by atoms with Crippen LogP contribution >= 0.6 is 0 Å². The first kappa shape index (κ1) is 18.4. The molecule has 5 N–H and O–H groups in total. The van der Waals surface area contributed by atoms with Crippen molar-refractivity contribution in [1.82, 2.24) is 10.6 Å². The quantitative estimate of drug-likeness (QED) is 0.479. The first-order valence-corrected chi connectivity index (χ1v) is 7.97. The summed E-state index contributed by atoms with van der Waals surface area (Å²) in [6.45, 7) is 1.63. The first-order valence-electron chi connectivity index (χ1n) is 7.97. The van der Waals surface area contributed by atoms with Gasteiger partial charge in [0.05, 0.1) is 18.1 Å². The van der Waals surface area contributed by atoms with Crippen LogP contribution in [0.15, 0.2) is 30.3 Å². The molecule has 1 saturated heterocycles. The number of carboxylic acid groups (broad SMARTS) is 1. The van der Waals surface area contributed by atoms with Gasteiger partial charge in [-0.2, -0.15) is 0 Å². The zero-order chi connectivity index (χ0) is 17.7. The molecule has 4 atom stereocenters. The van der Waals surface area contributed by atoms with E-state index in [1.165, 1.54) is 6.92 Å². The van der Waals surface area contributed by atoms with E-state index in [1.807, 2.05) is 30.3 Å². The molecule has 1 fully saturated rings. The number of β-amino-alcohol motifs (C(OH)–C–C–N with tert-alkyl or cyclic N) is 2. The fraction of sp³-hybridized carbons (Fsp3) is 0.529. The number of carboxylic acids is 1. The summed E-state index contributed by atoms with van der Waals surface area (Å²) in [5.41, 5.74) is -0.685. The summed E-state index contributed by atoms with van der Waals surface area (Å²) in [6, 6.07) is 8.26. The van der Waals surface area contributed by atoms with Crippen LogP contribution in [0.1, 0.15) is 18.9 Å². The number of nitrogens with one attached hydrogen (secondary N) is 2. The Morgan fingerprint density at radius 2 is 2.04 bits per heavy atom. The number of aliphatic hydroxyl groups excluding tert-OH is 1. The molecule has 7 heteroatoms. The number of hydrogen-bond donors (Lipinski definition) is 5. The summed E-state index contributed by atoms with van der Waals surface area (Å²) >= 11 is 0. The van der Waals surface area contributed by atoms with Crippen molar-refractivity contribution in [2.75, 3.05) is 13.1 Å². The fourth-order valence-electron chi connectivity index (χ4n) is 3.24. The first-order chi connectivity index (χ1) is 11.3. The molecule has 0 bridgehead atoms. The Morgan fingerprint density at radius 1 is 1.38 bits per heavy atom. The minimum atomic E-state index is -1.54. The van der Waals surface area contributed by atoms with Gasteiger partial charge in [-0.25, -0.2) is 0 Å². The van der Waals surface area contributed by atoms with E-state index >= 15 is 0 Å². The van der Waals surface area contributed by atoms with E-state index in [0.29, 0.717) is 0 Å². The average Bonchev–Trinajstić information content (AvgIpc) is 2.51. The zero-order valence-corrected chi connectivity index (χ0v) is 13.6. The van der Waals surface area contributed by atoms with Gasteiger partial charge in [-0.05, 0) is 18.4 Å². The minimum absolute atomic E-state index is 0.0771. The molecule has 0 spiro atoms. The number of aliphatic carboxylic acids is 1. The summed E-state index contributed by atoms with van der Waals surface area (Å²) < 4.78 is 0. The van der Waals surface area contributed by atoms with Crippen molar-refractivity contribution in [3.05, 3.63) is 35.9 Å². The van der Waals surface area contributed by atoms with Crippen LogP contribution in [0.4, 0.5) is 0 Å². The second kappa shape index (κ2) is 7.74. The highest BCUT2D eigenvalue weighted by Gasteiger charge is 2.46. The van der Waals surface area contributed by atoms with Crippen LogP contribution in [0, 0.1) is 5.92 Å². The van der Waals surface area contributed by atoms with E-state index in [9.17, 15) is 24.9 Å². The maximum atomic E-state index is 11.6. The second-order valence-electron chi connectivity index (χ2n) is 6.41. The topological polar surface area (TPSA) is 119 Å². The van der Waals surface area contributed by atoms with Gasteiger partial charge in [-0.3, -0.25) is 9.59 Å². The number of benzene rings is 1. The summed E-state index contributed by atoms with van der Waals surface area (Å²) in [5.74, 6) is -2.23. The third-order valence-corrected chi connectivity index (χ3v) is 4.38. The molecule has 1 aromatic carbocycles. The number of carbonyl (C=O) groups is 2. The molecule has 1 aliphatic heterocycles. The Labute approximate surface area is 140 Å². The van der Waals surface area contributed by atoms with E-state index < -0.39 is 29.6 Å². The van der Waals surface area contributed by atoms with Gasteiger partial charge in [0.15, 0.2) is 0 Å². The van der Waals surface area contributed by atoms with Gasteiger partial charge in [-0.1, -0.05) is 30.3 Å². The Morgan fingerprint density at radius 3 is 2.62 bits per heavy atom. The van der Waals surface area contributed by atoms with Crippen molar-refractivity contribution in [2.45, 2.75) is 37.5 Å². The average molecular weight is 336 g/mol. The van der Waals surface area contributed by atoms with Gasteiger partial charge in [0, 0.05) is 20.0 Å². The molecule has 1 aromatic rings. The molecule has 4 unspecified atom stereocenters. The highest BCUT2D eigenvalue weighted by atomic mass is 16.4. The number of piperidine rings is 1. The van der Waals surface area contributed by atoms with Crippen LogP contribution in [0.25, 0.3) is 0 Å². The maximum absolute atomic E-state index is 11.6. The van der Waals surface area contributed by atoms with Crippen LogP contribution in [0.2, 0.25) is 0 Å². The molecule has 0 radical (unpaired) electrons. The van der Waals surface area contributed by atoms with Crippen molar-refractivity contribution >= 4 is 11.9 Å². The van der Waals surface area contributed by atoms with Crippen molar-refractivity contribution in [2.24, 2.45) is 5.92 Å². The summed E-state index contributed by atoms with van der Waals surface area (Å²) in [4.78, 5) is 23.0. The molecule has 7 nitrogen and oxygen atoms in total. The van der Waals surface area contributed by atoms with E-state index in [-0.39, 0.29) is 31.8 Å². The zero-order valence-electron chi connectivity index (χ0n) is 13.6. The number of carbonyl (C=O) groups excluding carboxylic acids is 1. The standard InChI is InChI=1S/C17H24N2O5/c1-11(20)19-15-14(21)9-18-10-17(15,24)8-13(16(22)23)7-12-5-3-2-4-6-12/h2-6,13-15,18,21,24H,7-10H2,1H3,(H,19,20)(H,22,23). The third-order valence-electron chi connectivity index (χ3n) is 4.38. The lowest BCUT2D eigenvalue weighted by Crippen LogP contribution is -2.68. The van der Waals surface area contributed by atoms with E-state index in [2.05, 4.69) is 10.6 Å². The molecule has 0 aromatic heterocycles. The molecule has 0 aliphatic carbocycles. The molecule has 1 heterocycles. The Bertz CT molecular complexity index is 580. The molecular formula is C17H24N2O5. The molecular weight excluding hydrogens is 312 g/mol. The van der Waals surface area contributed by atoms with E-state index in [0.717, 1.165) is 5.56 Å². The van der Waals surface area contributed by atoms with Crippen LogP contribution in [0.3, 0.4) is 0 Å². The van der Waals surface area contributed by atoms with Gasteiger partial charge < -0.3 is 26.0 Å². The van der Waals surface area contributed by atoms with Crippen molar-refractivity contribution in [3.8, 4) is 0 Å². The van der Waals surface area contributed by atoms with Crippen molar-refractivity contribution in [1.29, 1.82) is 0 Å². The van der Waals surface area contributed by atoms with Gasteiger partial charge in [0.1, 0.15) is 5.60 Å². The van der Waals surface area contributed by atoms with Gasteiger partial charge in [0.25, 0.3) is 0 Å². The monoisotopic (exact) mass is 336 g/mol. The van der Waals surface area contributed by atoms with Gasteiger partial charge in [-0.15, -0.1) is 0 Å². The molecule has 24 heavy (non-hydrogen) atoms. The third kappa shape index (κ3) is 4.53. The number of rotatable bonds is 6. The largest absolute Gasteiger partial charge is 0.481 e.